The van der Waals surface area contributed by atoms with Gasteiger partial charge >= 0.3 is 0 Å². The fourth-order valence-electron chi connectivity index (χ4n) is 2.96. The Morgan fingerprint density at radius 2 is 2.20 bits per heavy atom. The lowest BCUT2D eigenvalue weighted by Crippen LogP contribution is -2.44. The standard InChI is InChI=1S/C18H23N5OS/c1-4-17(24)23-7-5-6-14(11-23)20-15-8-12(2)9-16(21-15)22-18-19-10-13(3)25-18/h4,8-10,14H,1,5-7,11H2,2-3H3,(H2,19,20,21,22)/t14-/m0/s1. The van der Waals surface area contributed by atoms with Gasteiger partial charge in [0.15, 0.2) is 5.13 Å². The quantitative estimate of drug-likeness (QED) is 0.802. The van der Waals surface area contributed by atoms with Crippen LogP contribution < -0.4 is 10.6 Å². The molecule has 1 aliphatic heterocycles. The zero-order valence-electron chi connectivity index (χ0n) is 14.6. The highest BCUT2D eigenvalue weighted by Gasteiger charge is 2.22. The molecule has 25 heavy (non-hydrogen) atoms. The van der Waals surface area contributed by atoms with Crippen LogP contribution in [0.3, 0.4) is 0 Å². The highest BCUT2D eigenvalue weighted by molar-refractivity contribution is 7.15. The van der Waals surface area contributed by atoms with Crippen LogP contribution in [0.15, 0.2) is 31.0 Å². The molecule has 0 bridgehead atoms. The lowest BCUT2D eigenvalue weighted by atomic mass is 10.1. The summed E-state index contributed by atoms with van der Waals surface area (Å²) >= 11 is 1.60. The van der Waals surface area contributed by atoms with Gasteiger partial charge in [0.05, 0.1) is 0 Å². The van der Waals surface area contributed by atoms with E-state index in [4.69, 9.17) is 0 Å². The second-order valence-electron chi connectivity index (χ2n) is 6.29. The normalized spacial score (nSPS) is 17.2. The van der Waals surface area contributed by atoms with E-state index in [1.165, 1.54) is 6.08 Å². The first-order valence-electron chi connectivity index (χ1n) is 8.39. The molecule has 2 aromatic rings. The van der Waals surface area contributed by atoms with Gasteiger partial charge in [-0.2, -0.15) is 0 Å². The summed E-state index contributed by atoms with van der Waals surface area (Å²) in [5.41, 5.74) is 1.11. The minimum atomic E-state index is -0.00908. The number of nitrogens with zero attached hydrogens (tertiary/aromatic N) is 3. The summed E-state index contributed by atoms with van der Waals surface area (Å²) in [6.45, 7) is 9.11. The Bertz CT molecular complexity index is 773. The van der Waals surface area contributed by atoms with Gasteiger partial charge in [-0.05, 0) is 50.5 Å². The molecule has 0 spiro atoms. The SMILES string of the molecule is C=CC(=O)N1CCC[C@H](Nc2cc(C)cc(Nc3ncc(C)s3)n2)C1. The van der Waals surface area contributed by atoms with Crippen LogP contribution in [-0.4, -0.2) is 39.9 Å². The predicted octanol–water partition coefficient (Wildman–Crippen LogP) is 3.49. The summed E-state index contributed by atoms with van der Waals surface area (Å²) in [4.78, 5) is 23.8. The van der Waals surface area contributed by atoms with Crippen molar-refractivity contribution in [3.8, 4) is 0 Å². The molecule has 132 valence electrons. The van der Waals surface area contributed by atoms with Crippen LogP contribution in [0.4, 0.5) is 16.8 Å². The van der Waals surface area contributed by atoms with E-state index in [1.54, 1.807) is 11.3 Å². The van der Waals surface area contributed by atoms with Crippen molar-refractivity contribution in [3.05, 3.63) is 41.4 Å². The topological polar surface area (TPSA) is 70.2 Å². The number of anilines is 3. The van der Waals surface area contributed by atoms with Gasteiger partial charge < -0.3 is 15.5 Å². The third-order valence-electron chi connectivity index (χ3n) is 4.09. The molecule has 0 aliphatic carbocycles. The Balaban J connectivity index is 1.69. The summed E-state index contributed by atoms with van der Waals surface area (Å²) in [5, 5.41) is 7.56. The molecule has 3 heterocycles. The van der Waals surface area contributed by atoms with E-state index in [0.717, 1.165) is 46.6 Å². The van der Waals surface area contributed by atoms with Crippen LogP contribution >= 0.6 is 11.3 Å². The number of aromatic nitrogens is 2. The number of thiazole rings is 1. The number of nitrogens with one attached hydrogen (secondary N) is 2. The summed E-state index contributed by atoms with van der Waals surface area (Å²) in [6, 6.07) is 4.21. The Labute approximate surface area is 152 Å². The monoisotopic (exact) mass is 357 g/mol. The van der Waals surface area contributed by atoms with Crippen molar-refractivity contribution in [1.29, 1.82) is 0 Å². The van der Waals surface area contributed by atoms with E-state index < -0.39 is 0 Å². The molecule has 1 saturated heterocycles. The largest absolute Gasteiger partial charge is 0.365 e. The third-order valence-corrected chi connectivity index (χ3v) is 4.91. The highest BCUT2D eigenvalue weighted by atomic mass is 32.1. The smallest absolute Gasteiger partial charge is 0.246 e. The van der Waals surface area contributed by atoms with Crippen molar-refractivity contribution in [2.75, 3.05) is 23.7 Å². The molecule has 0 saturated carbocycles. The molecule has 7 heteroatoms. The summed E-state index contributed by atoms with van der Waals surface area (Å²) in [5.74, 6) is 1.57. The number of pyridine rings is 1. The lowest BCUT2D eigenvalue weighted by molar-refractivity contribution is -0.127. The average molecular weight is 357 g/mol. The first kappa shape index (κ1) is 17.4. The Kier molecular flexibility index (Phi) is 5.33. The molecule has 2 aromatic heterocycles. The Hall–Kier alpha value is -2.41. The average Bonchev–Trinajstić information content (AvgIpc) is 2.98. The lowest BCUT2D eigenvalue weighted by Gasteiger charge is -2.32. The number of rotatable bonds is 5. The van der Waals surface area contributed by atoms with E-state index in [1.807, 2.05) is 37.1 Å². The third kappa shape index (κ3) is 4.57. The van der Waals surface area contributed by atoms with Crippen molar-refractivity contribution in [1.82, 2.24) is 14.9 Å². The summed E-state index contributed by atoms with van der Waals surface area (Å²) < 4.78 is 0. The van der Waals surface area contributed by atoms with Gasteiger partial charge in [-0.15, -0.1) is 11.3 Å². The van der Waals surface area contributed by atoms with Crippen LogP contribution in [0.2, 0.25) is 0 Å². The van der Waals surface area contributed by atoms with Gasteiger partial charge in [0.2, 0.25) is 5.91 Å². The maximum atomic E-state index is 11.8. The molecule has 1 aliphatic rings. The first-order chi connectivity index (χ1) is 12.0. The van der Waals surface area contributed by atoms with Gasteiger partial charge in [0.1, 0.15) is 11.6 Å². The maximum absolute atomic E-state index is 11.8. The van der Waals surface area contributed by atoms with E-state index >= 15 is 0 Å². The van der Waals surface area contributed by atoms with Gasteiger partial charge in [0, 0.05) is 30.2 Å². The van der Waals surface area contributed by atoms with Crippen LogP contribution in [0.5, 0.6) is 0 Å². The molecule has 1 amide bonds. The number of carbonyl (C=O) groups excluding carboxylic acids is 1. The number of carbonyl (C=O) groups is 1. The number of aryl methyl sites for hydroxylation is 2. The minimum Gasteiger partial charge on any atom is -0.365 e. The highest BCUT2D eigenvalue weighted by Crippen LogP contribution is 2.23. The number of likely N-dealkylation sites (tertiary alicyclic amines) is 1. The fraction of sp³-hybridized carbons (Fsp3) is 0.389. The molecule has 0 unspecified atom stereocenters. The van der Waals surface area contributed by atoms with E-state index in [9.17, 15) is 4.79 Å². The number of hydrogen-bond donors (Lipinski definition) is 2. The molecule has 2 N–H and O–H groups in total. The second-order valence-corrected chi connectivity index (χ2v) is 7.52. The second kappa shape index (κ2) is 7.65. The van der Waals surface area contributed by atoms with Gasteiger partial charge in [0.25, 0.3) is 0 Å². The molecule has 3 rings (SSSR count). The number of piperidine rings is 1. The van der Waals surface area contributed by atoms with Crippen LogP contribution in [-0.2, 0) is 4.79 Å². The van der Waals surface area contributed by atoms with Crippen LogP contribution in [0.25, 0.3) is 0 Å². The summed E-state index contributed by atoms with van der Waals surface area (Å²) in [7, 11) is 0. The van der Waals surface area contributed by atoms with Crippen molar-refractivity contribution in [3.63, 3.8) is 0 Å². The zero-order valence-corrected chi connectivity index (χ0v) is 15.4. The first-order valence-corrected chi connectivity index (χ1v) is 9.21. The maximum Gasteiger partial charge on any atom is 0.246 e. The Morgan fingerprint density at radius 1 is 1.40 bits per heavy atom. The summed E-state index contributed by atoms with van der Waals surface area (Å²) in [6.07, 6.45) is 5.22. The van der Waals surface area contributed by atoms with Gasteiger partial charge in [-0.3, -0.25) is 4.79 Å². The van der Waals surface area contributed by atoms with E-state index in [0.29, 0.717) is 6.54 Å². The van der Waals surface area contributed by atoms with E-state index in [2.05, 4.69) is 27.2 Å². The Morgan fingerprint density at radius 3 is 2.92 bits per heavy atom. The van der Waals surface area contributed by atoms with E-state index in [-0.39, 0.29) is 11.9 Å². The molecule has 0 radical (unpaired) electrons. The molecule has 6 nitrogen and oxygen atoms in total. The number of amides is 1. The van der Waals surface area contributed by atoms with Gasteiger partial charge in [-0.1, -0.05) is 6.58 Å². The molecule has 1 atom stereocenters. The molecule has 0 aromatic carbocycles. The van der Waals surface area contributed by atoms with Crippen molar-refractivity contribution in [2.24, 2.45) is 0 Å². The minimum absolute atomic E-state index is 0.00908. The fourth-order valence-corrected chi connectivity index (χ4v) is 3.63. The molecular formula is C18H23N5OS. The molecule has 1 fully saturated rings. The number of hydrogen-bond acceptors (Lipinski definition) is 6. The molecular weight excluding hydrogens is 334 g/mol. The van der Waals surface area contributed by atoms with Crippen molar-refractivity contribution in [2.45, 2.75) is 32.7 Å². The van der Waals surface area contributed by atoms with Crippen molar-refractivity contribution < 1.29 is 4.79 Å². The predicted molar refractivity (Wildman–Crippen MR) is 103 cm³/mol. The van der Waals surface area contributed by atoms with Crippen LogP contribution in [0, 0.1) is 13.8 Å². The zero-order chi connectivity index (χ0) is 17.8. The van der Waals surface area contributed by atoms with Crippen molar-refractivity contribution >= 4 is 34.0 Å². The van der Waals surface area contributed by atoms with Gasteiger partial charge in [-0.25, -0.2) is 9.97 Å². The van der Waals surface area contributed by atoms with Crippen LogP contribution in [0.1, 0.15) is 23.3 Å².